The summed E-state index contributed by atoms with van der Waals surface area (Å²) in [6.45, 7) is 10.2. The number of hydrogen-bond donors (Lipinski definition) is 0. The van der Waals surface area contributed by atoms with E-state index in [-0.39, 0.29) is 12.1 Å². The molecule has 0 aliphatic carbocycles. The Balaban J connectivity index is 2.69. The zero-order valence-electron chi connectivity index (χ0n) is 28.5. The molecule has 1 saturated heterocycles. The summed E-state index contributed by atoms with van der Waals surface area (Å²) >= 11 is 0. The molecule has 42 heavy (non-hydrogen) atoms. The van der Waals surface area contributed by atoms with Crippen LogP contribution in [0.5, 0.6) is 0 Å². The van der Waals surface area contributed by atoms with Crippen molar-refractivity contribution in [1.82, 2.24) is 4.90 Å². The van der Waals surface area contributed by atoms with Crippen LogP contribution in [-0.2, 0) is 9.53 Å². The molecule has 1 unspecified atom stereocenters. The van der Waals surface area contributed by atoms with E-state index in [2.05, 4.69) is 62.1 Å². The summed E-state index contributed by atoms with van der Waals surface area (Å²) in [7, 11) is 0. The molecule has 0 aromatic heterocycles. The molecular formula is C39H71NO2. The van der Waals surface area contributed by atoms with E-state index in [4.69, 9.17) is 4.74 Å². The number of nitrogens with zero attached hydrogens (tertiary/aromatic N) is 1. The topological polar surface area (TPSA) is 29.5 Å². The van der Waals surface area contributed by atoms with E-state index in [1.807, 2.05) is 0 Å². The molecule has 3 heteroatoms. The Bertz CT molecular complexity index is 652. The normalized spacial score (nSPS) is 15.0. The maximum absolute atomic E-state index is 13.0. The van der Waals surface area contributed by atoms with Gasteiger partial charge in [-0.05, 0) is 135 Å². The Morgan fingerprint density at radius 1 is 0.595 bits per heavy atom. The minimum absolute atomic E-state index is 0.0345. The Labute approximate surface area is 263 Å². The molecule has 0 amide bonds. The van der Waals surface area contributed by atoms with Gasteiger partial charge in [0, 0.05) is 6.42 Å². The fraction of sp³-hybridized carbons (Fsp3) is 0.821. The van der Waals surface area contributed by atoms with Gasteiger partial charge in [-0.15, -0.1) is 0 Å². The second-order valence-corrected chi connectivity index (χ2v) is 12.8. The van der Waals surface area contributed by atoms with Crippen LogP contribution in [0.15, 0.2) is 36.5 Å². The fourth-order valence-corrected chi connectivity index (χ4v) is 5.86. The van der Waals surface area contributed by atoms with Gasteiger partial charge in [0.25, 0.3) is 0 Å². The standard InChI is InChI=1S/C39H71NO2/c1-4-7-10-13-16-19-22-25-30-37(31-26-23-20-17-14-11-8-5-2)38(32-27-24-21-18-15-12-9-6-3)42-39(41)33-28-34-40-35-29-36-40/h16-21,37-38H,4-15,22-36H2,1-3H3/b19-16-,20-17-,21-18-. The summed E-state index contributed by atoms with van der Waals surface area (Å²) in [6, 6.07) is 0. The van der Waals surface area contributed by atoms with Crippen LogP contribution in [-0.4, -0.2) is 36.6 Å². The molecule has 1 aliphatic heterocycles. The molecule has 1 aliphatic rings. The number of hydrogen-bond acceptors (Lipinski definition) is 3. The molecule has 0 aromatic carbocycles. The minimum atomic E-state index is 0.0345. The van der Waals surface area contributed by atoms with Crippen LogP contribution in [0.4, 0.5) is 0 Å². The first-order valence-corrected chi connectivity index (χ1v) is 18.6. The van der Waals surface area contributed by atoms with E-state index in [1.54, 1.807) is 0 Å². The van der Waals surface area contributed by atoms with Gasteiger partial charge in [0.05, 0.1) is 0 Å². The molecule has 0 aromatic rings. The number of likely N-dealkylation sites (tertiary alicyclic amines) is 1. The van der Waals surface area contributed by atoms with Crippen LogP contribution < -0.4 is 0 Å². The van der Waals surface area contributed by atoms with Gasteiger partial charge in [-0.3, -0.25) is 4.79 Å². The molecule has 244 valence electrons. The van der Waals surface area contributed by atoms with E-state index < -0.39 is 0 Å². The lowest BCUT2D eigenvalue weighted by Gasteiger charge is -2.30. The molecule has 1 fully saturated rings. The molecule has 1 rings (SSSR count). The Morgan fingerprint density at radius 3 is 1.43 bits per heavy atom. The molecule has 0 spiro atoms. The van der Waals surface area contributed by atoms with Gasteiger partial charge in [-0.25, -0.2) is 0 Å². The summed E-state index contributed by atoms with van der Waals surface area (Å²) in [4.78, 5) is 15.5. The zero-order chi connectivity index (χ0) is 30.4. The molecule has 0 saturated carbocycles. The molecular weight excluding hydrogens is 514 g/mol. The van der Waals surface area contributed by atoms with Crippen molar-refractivity contribution in [2.45, 2.75) is 181 Å². The third kappa shape index (κ3) is 23.1. The average Bonchev–Trinajstić information content (AvgIpc) is 2.96. The van der Waals surface area contributed by atoms with Crippen molar-refractivity contribution >= 4 is 5.97 Å². The van der Waals surface area contributed by atoms with E-state index in [0.29, 0.717) is 12.3 Å². The number of carbonyl (C=O) groups is 1. The number of allylic oxidation sites excluding steroid dienone is 6. The predicted octanol–water partition coefficient (Wildman–Crippen LogP) is 11.9. The zero-order valence-corrected chi connectivity index (χ0v) is 28.5. The van der Waals surface area contributed by atoms with Crippen molar-refractivity contribution < 1.29 is 9.53 Å². The van der Waals surface area contributed by atoms with E-state index in [0.717, 1.165) is 57.9 Å². The van der Waals surface area contributed by atoms with E-state index >= 15 is 0 Å². The van der Waals surface area contributed by atoms with Gasteiger partial charge in [-0.1, -0.05) is 95.8 Å². The quantitative estimate of drug-likeness (QED) is 0.0477. The molecule has 0 N–H and O–H groups in total. The van der Waals surface area contributed by atoms with Gasteiger partial charge < -0.3 is 9.64 Å². The van der Waals surface area contributed by atoms with Crippen LogP contribution in [0.25, 0.3) is 0 Å². The lowest BCUT2D eigenvalue weighted by Crippen LogP contribution is -2.38. The van der Waals surface area contributed by atoms with Gasteiger partial charge in [0.2, 0.25) is 0 Å². The SMILES string of the molecule is CCCCC/C=C\CCCC(CCC/C=C\CCCCC)C(CCC/C=C\CCCCC)OC(=O)CCCN1CCC1. The third-order valence-corrected chi connectivity index (χ3v) is 8.79. The van der Waals surface area contributed by atoms with Crippen molar-refractivity contribution in [3.8, 4) is 0 Å². The Morgan fingerprint density at radius 2 is 1.02 bits per heavy atom. The second-order valence-electron chi connectivity index (χ2n) is 12.8. The third-order valence-electron chi connectivity index (χ3n) is 8.79. The molecule has 3 nitrogen and oxygen atoms in total. The van der Waals surface area contributed by atoms with Crippen LogP contribution in [0, 0.1) is 5.92 Å². The minimum Gasteiger partial charge on any atom is -0.462 e. The molecule has 0 radical (unpaired) electrons. The maximum atomic E-state index is 13.0. The summed E-state index contributed by atoms with van der Waals surface area (Å²) in [5.74, 6) is 0.507. The van der Waals surface area contributed by atoms with Crippen molar-refractivity contribution in [2.24, 2.45) is 5.92 Å². The highest BCUT2D eigenvalue weighted by molar-refractivity contribution is 5.69. The van der Waals surface area contributed by atoms with Crippen LogP contribution in [0.3, 0.4) is 0 Å². The first kappa shape index (κ1) is 38.7. The first-order valence-electron chi connectivity index (χ1n) is 18.6. The van der Waals surface area contributed by atoms with E-state index in [1.165, 1.54) is 109 Å². The molecule has 1 heterocycles. The van der Waals surface area contributed by atoms with Crippen molar-refractivity contribution in [1.29, 1.82) is 0 Å². The van der Waals surface area contributed by atoms with Gasteiger partial charge in [-0.2, -0.15) is 0 Å². The number of unbranched alkanes of at least 4 members (excludes halogenated alkanes) is 12. The number of carbonyl (C=O) groups excluding carboxylic acids is 1. The highest BCUT2D eigenvalue weighted by Gasteiger charge is 2.24. The van der Waals surface area contributed by atoms with E-state index in [9.17, 15) is 4.79 Å². The molecule has 1 atom stereocenters. The monoisotopic (exact) mass is 586 g/mol. The van der Waals surface area contributed by atoms with Crippen LogP contribution in [0.1, 0.15) is 175 Å². The van der Waals surface area contributed by atoms with Crippen molar-refractivity contribution in [3.63, 3.8) is 0 Å². The lowest BCUT2D eigenvalue weighted by atomic mass is 9.87. The molecule has 0 bridgehead atoms. The van der Waals surface area contributed by atoms with Crippen molar-refractivity contribution in [3.05, 3.63) is 36.5 Å². The second kappa shape index (κ2) is 29.7. The first-order chi connectivity index (χ1) is 20.7. The largest absolute Gasteiger partial charge is 0.462 e. The number of esters is 1. The summed E-state index contributed by atoms with van der Waals surface area (Å²) in [5.41, 5.74) is 0. The summed E-state index contributed by atoms with van der Waals surface area (Å²) < 4.78 is 6.33. The average molecular weight is 586 g/mol. The van der Waals surface area contributed by atoms with Gasteiger partial charge in [0.15, 0.2) is 0 Å². The fourth-order valence-electron chi connectivity index (χ4n) is 5.86. The smallest absolute Gasteiger partial charge is 0.306 e. The van der Waals surface area contributed by atoms with Gasteiger partial charge in [0.1, 0.15) is 6.10 Å². The summed E-state index contributed by atoms with van der Waals surface area (Å²) in [6.07, 6.45) is 42.8. The van der Waals surface area contributed by atoms with Crippen LogP contribution in [0.2, 0.25) is 0 Å². The Hall–Kier alpha value is -1.35. The Kier molecular flexibility index (Phi) is 27.4. The number of rotatable bonds is 30. The lowest BCUT2D eigenvalue weighted by molar-refractivity contribution is -0.153. The number of ether oxygens (including phenoxy) is 1. The maximum Gasteiger partial charge on any atom is 0.306 e. The summed E-state index contributed by atoms with van der Waals surface area (Å²) in [5, 5.41) is 0. The van der Waals surface area contributed by atoms with Gasteiger partial charge >= 0.3 is 5.97 Å². The predicted molar refractivity (Wildman–Crippen MR) is 185 cm³/mol. The highest BCUT2D eigenvalue weighted by atomic mass is 16.5. The van der Waals surface area contributed by atoms with Crippen molar-refractivity contribution in [2.75, 3.05) is 19.6 Å². The van der Waals surface area contributed by atoms with Crippen LogP contribution >= 0.6 is 0 Å². The highest BCUT2D eigenvalue weighted by Crippen LogP contribution is 2.27.